The number of nitrogens with one attached hydrogen (secondary N) is 2. The number of carbonyl (C=O) groups excluding carboxylic acids is 1. The Kier molecular flexibility index (Phi) is 7.43. The lowest BCUT2D eigenvalue weighted by molar-refractivity contribution is -0.143. The average molecular weight is 272 g/mol. The summed E-state index contributed by atoms with van der Waals surface area (Å²) >= 11 is 0. The molecule has 1 saturated carbocycles. The Bertz CT molecular complexity index is 296. The molecule has 1 rings (SSSR count). The van der Waals surface area contributed by atoms with Crippen LogP contribution in [0.15, 0.2) is 0 Å². The fourth-order valence-corrected chi connectivity index (χ4v) is 2.37. The van der Waals surface area contributed by atoms with Crippen molar-refractivity contribution in [1.82, 2.24) is 10.6 Å². The van der Waals surface area contributed by atoms with Crippen LogP contribution in [0.1, 0.15) is 32.1 Å². The van der Waals surface area contributed by atoms with Crippen molar-refractivity contribution >= 4 is 11.9 Å². The van der Waals surface area contributed by atoms with E-state index in [1.807, 2.05) is 0 Å². The van der Waals surface area contributed by atoms with Crippen molar-refractivity contribution in [3.8, 4) is 0 Å². The molecular weight excluding hydrogens is 248 g/mol. The molecule has 19 heavy (non-hydrogen) atoms. The lowest BCUT2D eigenvalue weighted by atomic mass is 9.86. The smallest absolute Gasteiger partial charge is 0.306 e. The van der Waals surface area contributed by atoms with Crippen LogP contribution in [0.3, 0.4) is 0 Å². The molecular formula is C13H24N2O4. The number of carbonyl (C=O) groups is 2. The SMILES string of the molecule is COCCNC(=O)CCNC1CCCC(C(=O)O)C1. The van der Waals surface area contributed by atoms with Crippen LogP contribution in [-0.4, -0.2) is 49.8 Å². The molecule has 0 aromatic rings. The molecule has 2 atom stereocenters. The van der Waals surface area contributed by atoms with Gasteiger partial charge in [-0.05, 0) is 19.3 Å². The third kappa shape index (κ3) is 6.54. The van der Waals surface area contributed by atoms with Crippen molar-refractivity contribution in [3.05, 3.63) is 0 Å². The molecule has 0 radical (unpaired) electrons. The van der Waals surface area contributed by atoms with E-state index in [0.717, 1.165) is 19.3 Å². The summed E-state index contributed by atoms with van der Waals surface area (Å²) in [6, 6.07) is 0.224. The van der Waals surface area contributed by atoms with E-state index >= 15 is 0 Å². The highest BCUT2D eigenvalue weighted by molar-refractivity contribution is 5.76. The van der Waals surface area contributed by atoms with Crippen molar-refractivity contribution in [1.29, 1.82) is 0 Å². The van der Waals surface area contributed by atoms with Crippen LogP contribution in [0.5, 0.6) is 0 Å². The van der Waals surface area contributed by atoms with Gasteiger partial charge in [0.25, 0.3) is 0 Å². The van der Waals surface area contributed by atoms with Crippen LogP contribution in [0.4, 0.5) is 0 Å². The Morgan fingerprint density at radius 2 is 2.11 bits per heavy atom. The molecule has 0 heterocycles. The van der Waals surface area contributed by atoms with Gasteiger partial charge in [-0.15, -0.1) is 0 Å². The van der Waals surface area contributed by atoms with Gasteiger partial charge in [0.15, 0.2) is 0 Å². The van der Waals surface area contributed by atoms with Crippen molar-refractivity contribution in [2.75, 3.05) is 26.8 Å². The normalized spacial score (nSPS) is 23.0. The Labute approximate surface area is 113 Å². The largest absolute Gasteiger partial charge is 0.481 e. The van der Waals surface area contributed by atoms with Gasteiger partial charge in [-0.2, -0.15) is 0 Å². The molecule has 3 N–H and O–H groups in total. The Morgan fingerprint density at radius 1 is 1.32 bits per heavy atom. The summed E-state index contributed by atoms with van der Waals surface area (Å²) < 4.78 is 4.84. The molecule has 110 valence electrons. The predicted molar refractivity (Wildman–Crippen MR) is 70.9 cm³/mol. The summed E-state index contributed by atoms with van der Waals surface area (Å²) in [6.45, 7) is 1.64. The summed E-state index contributed by atoms with van der Waals surface area (Å²) in [5.74, 6) is -0.944. The number of aliphatic carboxylic acids is 1. The topological polar surface area (TPSA) is 87.7 Å². The molecule has 0 bridgehead atoms. The van der Waals surface area contributed by atoms with E-state index in [0.29, 0.717) is 32.5 Å². The lowest BCUT2D eigenvalue weighted by Gasteiger charge is -2.27. The number of carboxylic acid groups (broad SMARTS) is 1. The van der Waals surface area contributed by atoms with Gasteiger partial charge in [0.05, 0.1) is 12.5 Å². The Balaban J connectivity index is 2.11. The highest BCUT2D eigenvalue weighted by atomic mass is 16.5. The van der Waals surface area contributed by atoms with Gasteiger partial charge in [-0.1, -0.05) is 6.42 Å². The molecule has 0 spiro atoms. The monoisotopic (exact) mass is 272 g/mol. The molecule has 6 heteroatoms. The molecule has 0 aliphatic heterocycles. The molecule has 0 saturated heterocycles. The Hall–Kier alpha value is -1.14. The first-order valence-electron chi connectivity index (χ1n) is 6.85. The molecule has 6 nitrogen and oxygen atoms in total. The minimum absolute atomic E-state index is 0.00450. The molecule has 2 unspecified atom stereocenters. The van der Waals surface area contributed by atoms with E-state index in [9.17, 15) is 9.59 Å². The standard InChI is InChI=1S/C13H24N2O4/c1-19-8-7-15-12(16)5-6-14-11-4-2-3-10(9-11)13(17)18/h10-11,14H,2-9H2,1H3,(H,15,16)(H,17,18). The Morgan fingerprint density at radius 3 is 2.79 bits per heavy atom. The fourth-order valence-electron chi connectivity index (χ4n) is 2.37. The summed E-state index contributed by atoms with van der Waals surface area (Å²) in [5, 5.41) is 15.0. The highest BCUT2D eigenvalue weighted by Gasteiger charge is 2.26. The third-order valence-electron chi connectivity index (χ3n) is 3.44. The molecule has 0 aromatic heterocycles. The second-order valence-electron chi connectivity index (χ2n) is 4.95. The zero-order valence-corrected chi connectivity index (χ0v) is 11.5. The van der Waals surface area contributed by atoms with Crippen molar-refractivity contribution in [2.24, 2.45) is 5.92 Å². The maximum absolute atomic E-state index is 11.4. The van der Waals surface area contributed by atoms with Crippen LogP contribution in [-0.2, 0) is 14.3 Å². The van der Waals surface area contributed by atoms with E-state index in [4.69, 9.17) is 9.84 Å². The van der Waals surface area contributed by atoms with Gasteiger partial charge >= 0.3 is 5.97 Å². The quantitative estimate of drug-likeness (QED) is 0.556. The zero-order valence-electron chi connectivity index (χ0n) is 11.5. The van der Waals surface area contributed by atoms with Crippen LogP contribution in [0, 0.1) is 5.92 Å². The maximum atomic E-state index is 11.4. The number of hydrogen-bond donors (Lipinski definition) is 3. The highest BCUT2D eigenvalue weighted by Crippen LogP contribution is 2.24. The first-order chi connectivity index (χ1) is 9.13. The number of carboxylic acids is 1. The van der Waals surface area contributed by atoms with Crippen LogP contribution < -0.4 is 10.6 Å². The first kappa shape index (κ1) is 15.9. The second-order valence-corrected chi connectivity index (χ2v) is 4.95. The van der Waals surface area contributed by atoms with Crippen LogP contribution >= 0.6 is 0 Å². The lowest BCUT2D eigenvalue weighted by Crippen LogP contribution is -2.38. The molecule has 0 aromatic carbocycles. The number of rotatable bonds is 8. The third-order valence-corrected chi connectivity index (χ3v) is 3.44. The predicted octanol–water partition coefficient (Wildman–Crippen LogP) is 0.372. The minimum atomic E-state index is -0.705. The van der Waals surface area contributed by atoms with Gasteiger partial charge in [-0.25, -0.2) is 0 Å². The fraction of sp³-hybridized carbons (Fsp3) is 0.846. The van der Waals surface area contributed by atoms with Gasteiger partial charge in [0.2, 0.25) is 5.91 Å². The van der Waals surface area contributed by atoms with Gasteiger partial charge < -0.3 is 20.5 Å². The van der Waals surface area contributed by atoms with Crippen molar-refractivity contribution < 1.29 is 19.4 Å². The van der Waals surface area contributed by atoms with Gasteiger partial charge in [0.1, 0.15) is 0 Å². The van der Waals surface area contributed by atoms with E-state index in [2.05, 4.69) is 10.6 Å². The first-order valence-corrected chi connectivity index (χ1v) is 6.85. The molecule has 1 amide bonds. The maximum Gasteiger partial charge on any atom is 0.306 e. The van der Waals surface area contributed by atoms with Gasteiger partial charge in [-0.3, -0.25) is 9.59 Å². The van der Waals surface area contributed by atoms with E-state index in [1.165, 1.54) is 0 Å². The van der Waals surface area contributed by atoms with E-state index in [1.54, 1.807) is 7.11 Å². The number of hydrogen-bond acceptors (Lipinski definition) is 4. The molecule has 1 fully saturated rings. The molecule has 1 aliphatic carbocycles. The number of methoxy groups -OCH3 is 1. The number of amides is 1. The second kappa shape index (κ2) is 8.87. The summed E-state index contributed by atoms with van der Waals surface area (Å²) in [6.07, 6.45) is 3.79. The zero-order chi connectivity index (χ0) is 14.1. The number of ether oxygens (including phenoxy) is 1. The summed E-state index contributed by atoms with van der Waals surface area (Å²) in [5.41, 5.74) is 0. The summed E-state index contributed by atoms with van der Waals surface area (Å²) in [4.78, 5) is 22.4. The van der Waals surface area contributed by atoms with Crippen LogP contribution in [0.25, 0.3) is 0 Å². The van der Waals surface area contributed by atoms with E-state index in [-0.39, 0.29) is 17.9 Å². The van der Waals surface area contributed by atoms with Gasteiger partial charge in [0, 0.05) is 32.7 Å². The van der Waals surface area contributed by atoms with Crippen LogP contribution in [0.2, 0.25) is 0 Å². The minimum Gasteiger partial charge on any atom is -0.481 e. The summed E-state index contributed by atoms with van der Waals surface area (Å²) in [7, 11) is 1.59. The average Bonchev–Trinajstić information content (AvgIpc) is 2.39. The van der Waals surface area contributed by atoms with Crippen molar-refractivity contribution in [3.63, 3.8) is 0 Å². The molecule has 1 aliphatic rings. The van der Waals surface area contributed by atoms with E-state index < -0.39 is 5.97 Å². The van der Waals surface area contributed by atoms with Crippen molar-refractivity contribution in [2.45, 2.75) is 38.1 Å².